The highest BCUT2D eigenvalue weighted by molar-refractivity contribution is 6.45. The molecule has 3 heteroatoms. The number of hydrogen-bond donors (Lipinski definition) is 0. The molecule has 0 spiro atoms. The number of carbonyl (C=O) groups excluding carboxylic acids is 2. The number of benzene rings is 1. The molecule has 0 radical (unpaired) electrons. The maximum absolute atomic E-state index is 13.0. The zero-order valence-corrected chi connectivity index (χ0v) is 13.2. The van der Waals surface area contributed by atoms with Crippen LogP contribution in [0, 0.1) is 30.1 Å². The lowest BCUT2D eigenvalue weighted by Crippen LogP contribution is -2.37. The quantitative estimate of drug-likeness (QED) is 0.630. The fourth-order valence-electron chi connectivity index (χ4n) is 5.54. The van der Waals surface area contributed by atoms with Crippen LogP contribution in [0.2, 0.25) is 0 Å². The van der Waals surface area contributed by atoms with Crippen molar-refractivity contribution >= 4 is 11.6 Å². The number of rotatable bonds is 4. The van der Waals surface area contributed by atoms with Gasteiger partial charge in [0.15, 0.2) is 0 Å². The summed E-state index contributed by atoms with van der Waals surface area (Å²) >= 11 is 0. The molecule has 0 N–H and O–H groups in total. The van der Waals surface area contributed by atoms with Gasteiger partial charge >= 0.3 is 0 Å². The summed E-state index contributed by atoms with van der Waals surface area (Å²) in [6.07, 6.45) is 5.51. The standard InChI is InChI=1S/C19H22O3/c1-11-5-14(3-4-16(11)22-2)17(20)18(21)19-9-12-6-13(10-19)8-15(19)7-12/h3-5,12-13,15H,6-10H2,1-2H3. The SMILES string of the molecule is COc1ccc(C(=O)C(=O)C23CC4CC(CC2C4)C3)cc1C. The molecule has 2 unspecified atom stereocenters. The minimum Gasteiger partial charge on any atom is -0.496 e. The minimum absolute atomic E-state index is 0.119. The highest BCUT2D eigenvalue weighted by Crippen LogP contribution is 2.65. The average molecular weight is 298 g/mol. The maximum Gasteiger partial charge on any atom is 0.229 e. The Morgan fingerprint density at radius 3 is 2.41 bits per heavy atom. The van der Waals surface area contributed by atoms with Gasteiger partial charge < -0.3 is 4.74 Å². The van der Waals surface area contributed by atoms with Crippen molar-refractivity contribution in [3.05, 3.63) is 29.3 Å². The first-order valence-electron chi connectivity index (χ1n) is 8.27. The lowest BCUT2D eigenvalue weighted by atomic mass is 9.71. The first-order chi connectivity index (χ1) is 10.5. The van der Waals surface area contributed by atoms with Crippen molar-refractivity contribution in [2.24, 2.45) is 23.2 Å². The summed E-state index contributed by atoms with van der Waals surface area (Å²) in [6.45, 7) is 1.90. The number of methoxy groups -OCH3 is 1. The number of carbonyl (C=O) groups is 2. The van der Waals surface area contributed by atoms with Gasteiger partial charge in [0, 0.05) is 11.0 Å². The summed E-state index contributed by atoms with van der Waals surface area (Å²) < 4.78 is 5.23. The van der Waals surface area contributed by atoms with Crippen molar-refractivity contribution in [1.82, 2.24) is 0 Å². The van der Waals surface area contributed by atoms with Gasteiger partial charge in [-0.05, 0) is 80.5 Å². The summed E-state index contributed by atoms with van der Waals surface area (Å²) in [5, 5.41) is 0. The Kier molecular flexibility index (Phi) is 2.97. The molecular formula is C19H22O3. The molecule has 2 atom stereocenters. The van der Waals surface area contributed by atoms with Crippen LogP contribution < -0.4 is 4.74 Å². The molecule has 0 aliphatic heterocycles. The second-order valence-electron chi connectivity index (χ2n) is 7.54. The molecule has 0 saturated heterocycles. The molecule has 4 saturated carbocycles. The monoisotopic (exact) mass is 298 g/mol. The van der Waals surface area contributed by atoms with E-state index >= 15 is 0 Å². The van der Waals surface area contributed by atoms with Crippen molar-refractivity contribution in [3.63, 3.8) is 0 Å². The smallest absolute Gasteiger partial charge is 0.229 e. The Labute approximate surface area is 131 Å². The second kappa shape index (κ2) is 4.68. The first-order valence-corrected chi connectivity index (χ1v) is 8.27. The molecule has 0 amide bonds. The van der Waals surface area contributed by atoms with E-state index in [0.29, 0.717) is 23.3 Å². The van der Waals surface area contributed by atoms with Gasteiger partial charge in [0.2, 0.25) is 11.6 Å². The third-order valence-electron chi connectivity index (χ3n) is 6.31. The molecule has 22 heavy (non-hydrogen) atoms. The van der Waals surface area contributed by atoms with Crippen LogP contribution in [0.15, 0.2) is 18.2 Å². The summed E-state index contributed by atoms with van der Waals surface area (Å²) in [6, 6.07) is 5.30. The van der Waals surface area contributed by atoms with E-state index in [2.05, 4.69) is 0 Å². The van der Waals surface area contributed by atoms with Crippen LogP contribution in [0.5, 0.6) is 5.75 Å². The number of Topliss-reactive ketones (excluding diaryl/α,β-unsaturated/α-hetero) is 2. The van der Waals surface area contributed by atoms with E-state index < -0.39 is 0 Å². The van der Waals surface area contributed by atoms with Gasteiger partial charge in [-0.1, -0.05) is 0 Å². The average Bonchev–Trinajstić information content (AvgIpc) is 2.91. The number of hydrogen-bond acceptors (Lipinski definition) is 3. The van der Waals surface area contributed by atoms with Crippen LogP contribution in [0.3, 0.4) is 0 Å². The molecule has 5 rings (SSSR count). The fourth-order valence-corrected chi connectivity index (χ4v) is 5.54. The molecule has 4 bridgehead atoms. The lowest BCUT2D eigenvalue weighted by Gasteiger charge is -2.30. The fraction of sp³-hybridized carbons (Fsp3) is 0.579. The minimum atomic E-state index is -0.321. The summed E-state index contributed by atoms with van der Waals surface area (Å²) in [5.41, 5.74) is 1.10. The van der Waals surface area contributed by atoms with Crippen molar-refractivity contribution < 1.29 is 14.3 Å². The van der Waals surface area contributed by atoms with Crippen molar-refractivity contribution in [1.29, 1.82) is 0 Å². The maximum atomic E-state index is 13.0. The van der Waals surface area contributed by atoms with Gasteiger partial charge in [-0.3, -0.25) is 9.59 Å². The summed E-state index contributed by atoms with van der Waals surface area (Å²) in [5.74, 6) is 2.18. The van der Waals surface area contributed by atoms with E-state index in [1.807, 2.05) is 6.92 Å². The molecular weight excluding hydrogens is 276 g/mol. The second-order valence-corrected chi connectivity index (χ2v) is 7.54. The number of ketones is 2. The Morgan fingerprint density at radius 2 is 1.82 bits per heavy atom. The van der Waals surface area contributed by atoms with E-state index in [1.165, 1.54) is 6.42 Å². The van der Waals surface area contributed by atoms with Gasteiger partial charge in [-0.2, -0.15) is 0 Å². The Morgan fingerprint density at radius 1 is 1.14 bits per heavy atom. The molecule has 0 heterocycles. The van der Waals surface area contributed by atoms with Gasteiger partial charge in [0.25, 0.3) is 0 Å². The molecule has 4 aliphatic carbocycles. The largest absolute Gasteiger partial charge is 0.496 e. The van der Waals surface area contributed by atoms with E-state index in [-0.39, 0.29) is 17.0 Å². The highest BCUT2D eigenvalue weighted by Gasteiger charge is 2.62. The molecule has 3 nitrogen and oxygen atoms in total. The third kappa shape index (κ3) is 1.81. The molecule has 4 fully saturated rings. The number of aryl methyl sites for hydroxylation is 1. The molecule has 1 aromatic rings. The van der Waals surface area contributed by atoms with Crippen LogP contribution in [0.25, 0.3) is 0 Å². The van der Waals surface area contributed by atoms with E-state index in [0.717, 1.165) is 37.0 Å². The Hall–Kier alpha value is -1.64. The summed E-state index contributed by atoms with van der Waals surface area (Å²) in [7, 11) is 1.61. The van der Waals surface area contributed by atoms with Crippen LogP contribution in [-0.4, -0.2) is 18.7 Å². The van der Waals surface area contributed by atoms with Crippen molar-refractivity contribution in [2.45, 2.75) is 39.0 Å². The van der Waals surface area contributed by atoms with Gasteiger partial charge in [0.05, 0.1) is 7.11 Å². The van der Waals surface area contributed by atoms with Gasteiger partial charge in [0.1, 0.15) is 5.75 Å². The Balaban J connectivity index is 1.63. The topological polar surface area (TPSA) is 43.4 Å². The van der Waals surface area contributed by atoms with Crippen LogP contribution in [0.4, 0.5) is 0 Å². The highest BCUT2D eigenvalue weighted by atomic mass is 16.5. The van der Waals surface area contributed by atoms with E-state index in [1.54, 1.807) is 25.3 Å². The van der Waals surface area contributed by atoms with Crippen LogP contribution in [0.1, 0.15) is 48.0 Å². The Bertz CT molecular complexity index is 647. The lowest BCUT2D eigenvalue weighted by molar-refractivity contribution is -0.125. The van der Waals surface area contributed by atoms with Crippen LogP contribution in [-0.2, 0) is 4.79 Å². The predicted molar refractivity (Wildman–Crippen MR) is 83.1 cm³/mol. The summed E-state index contributed by atoms with van der Waals surface area (Å²) in [4.78, 5) is 25.8. The zero-order chi connectivity index (χ0) is 15.5. The number of ether oxygens (including phenoxy) is 1. The molecule has 4 aliphatic rings. The van der Waals surface area contributed by atoms with Gasteiger partial charge in [-0.15, -0.1) is 0 Å². The van der Waals surface area contributed by atoms with E-state index in [4.69, 9.17) is 4.74 Å². The predicted octanol–water partition coefficient (Wildman–Crippen LogP) is 3.58. The van der Waals surface area contributed by atoms with Crippen molar-refractivity contribution in [3.8, 4) is 5.75 Å². The normalized spacial score (nSPS) is 34.9. The van der Waals surface area contributed by atoms with E-state index in [9.17, 15) is 9.59 Å². The molecule has 1 aromatic carbocycles. The molecule has 0 aromatic heterocycles. The van der Waals surface area contributed by atoms with Gasteiger partial charge in [-0.25, -0.2) is 0 Å². The van der Waals surface area contributed by atoms with Crippen LogP contribution >= 0.6 is 0 Å². The first kappa shape index (κ1) is 14.0. The molecule has 116 valence electrons. The zero-order valence-electron chi connectivity index (χ0n) is 13.2. The van der Waals surface area contributed by atoms with Crippen molar-refractivity contribution in [2.75, 3.05) is 7.11 Å². The third-order valence-corrected chi connectivity index (χ3v) is 6.31.